The minimum atomic E-state index is -0.896. The molecule has 15 heavy (non-hydrogen) atoms. The van der Waals surface area contributed by atoms with Crippen LogP contribution in [0.25, 0.3) is 0 Å². The third kappa shape index (κ3) is 2.63. The SMILES string of the molecule is CC[Si](C)(C)CC1C=C2CCCCC2=C1. The van der Waals surface area contributed by atoms with E-state index in [0.717, 1.165) is 5.92 Å². The lowest BCUT2D eigenvalue weighted by Crippen LogP contribution is -2.25. The van der Waals surface area contributed by atoms with E-state index < -0.39 is 8.07 Å². The zero-order valence-electron chi connectivity index (χ0n) is 10.5. The Bertz CT molecular complexity index is 274. The Hall–Kier alpha value is -0.303. The third-order valence-electron chi connectivity index (χ3n) is 4.13. The van der Waals surface area contributed by atoms with Gasteiger partial charge in [-0.25, -0.2) is 0 Å². The van der Waals surface area contributed by atoms with Gasteiger partial charge in [-0.15, -0.1) is 0 Å². The van der Waals surface area contributed by atoms with Crippen LogP contribution in [0.3, 0.4) is 0 Å². The van der Waals surface area contributed by atoms with Crippen molar-refractivity contribution in [3.63, 3.8) is 0 Å². The van der Waals surface area contributed by atoms with Crippen LogP contribution in [0, 0.1) is 5.92 Å². The van der Waals surface area contributed by atoms with E-state index in [1.54, 1.807) is 11.1 Å². The topological polar surface area (TPSA) is 0 Å². The molecule has 2 aliphatic rings. The molecular weight excluding hydrogens is 196 g/mol. The molecule has 0 unspecified atom stereocenters. The van der Waals surface area contributed by atoms with Gasteiger partial charge in [0.1, 0.15) is 0 Å². The van der Waals surface area contributed by atoms with Crippen LogP contribution in [0.15, 0.2) is 23.3 Å². The molecule has 0 spiro atoms. The molecule has 1 heteroatoms. The van der Waals surface area contributed by atoms with Crippen molar-refractivity contribution in [2.75, 3.05) is 0 Å². The first-order valence-corrected chi connectivity index (χ1v) is 9.94. The second kappa shape index (κ2) is 4.29. The summed E-state index contributed by atoms with van der Waals surface area (Å²) in [5, 5.41) is 0. The monoisotopic (exact) mass is 220 g/mol. The predicted octanol–water partition coefficient (Wildman–Crippen LogP) is 4.77. The molecule has 1 fully saturated rings. The van der Waals surface area contributed by atoms with E-state index in [0.29, 0.717) is 0 Å². The van der Waals surface area contributed by atoms with E-state index in [4.69, 9.17) is 0 Å². The highest BCUT2D eigenvalue weighted by Gasteiger charge is 2.26. The summed E-state index contributed by atoms with van der Waals surface area (Å²) in [7, 11) is -0.896. The van der Waals surface area contributed by atoms with Gasteiger partial charge < -0.3 is 0 Å². The van der Waals surface area contributed by atoms with Crippen molar-refractivity contribution < 1.29 is 0 Å². The standard InChI is InChI=1S/C14H24Si/c1-4-15(2,3)11-12-9-13-7-5-6-8-14(13)10-12/h9-10,12H,4-8,11H2,1-3H3. The van der Waals surface area contributed by atoms with Crippen LogP contribution in [0.4, 0.5) is 0 Å². The quantitative estimate of drug-likeness (QED) is 0.601. The van der Waals surface area contributed by atoms with E-state index in [9.17, 15) is 0 Å². The molecule has 0 bridgehead atoms. The van der Waals surface area contributed by atoms with Crippen LogP contribution in [0.5, 0.6) is 0 Å². The molecule has 0 atom stereocenters. The average molecular weight is 220 g/mol. The van der Waals surface area contributed by atoms with Gasteiger partial charge in [0.05, 0.1) is 0 Å². The van der Waals surface area contributed by atoms with Gasteiger partial charge in [0.2, 0.25) is 0 Å². The molecule has 0 heterocycles. The summed E-state index contributed by atoms with van der Waals surface area (Å²) in [6.45, 7) is 7.44. The van der Waals surface area contributed by atoms with Crippen LogP contribution in [0.1, 0.15) is 32.6 Å². The van der Waals surface area contributed by atoms with Gasteiger partial charge in [-0.1, -0.05) is 38.2 Å². The fraction of sp³-hybridized carbons (Fsp3) is 0.714. The maximum absolute atomic E-state index is 2.58. The van der Waals surface area contributed by atoms with E-state index in [2.05, 4.69) is 32.2 Å². The molecule has 0 nitrogen and oxygen atoms in total. The van der Waals surface area contributed by atoms with Gasteiger partial charge in [0.15, 0.2) is 0 Å². The fourth-order valence-electron chi connectivity index (χ4n) is 2.80. The zero-order valence-corrected chi connectivity index (χ0v) is 11.5. The van der Waals surface area contributed by atoms with Crippen LogP contribution >= 0.6 is 0 Å². The molecule has 0 aliphatic heterocycles. The van der Waals surface area contributed by atoms with Crippen molar-refractivity contribution in [2.45, 2.75) is 57.8 Å². The van der Waals surface area contributed by atoms with Crippen molar-refractivity contribution in [3.8, 4) is 0 Å². The fourth-order valence-corrected chi connectivity index (χ4v) is 4.60. The average Bonchev–Trinajstić information content (AvgIpc) is 2.58. The van der Waals surface area contributed by atoms with Gasteiger partial charge >= 0.3 is 0 Å². The molecule has 0 amide bonds. The number of fused-ring (bicyclic) bond motifs is 1. The third-order valence-corrected chi connectivity index (χ3v) is 7.62. The molecule has 84 valence electrons. The second-order valence-corrected chi connectivity index (χ2v) is 11.4. The smallest absolute Gasteiger partial charge is 0.0479 e. The molecule has 0 saturated heterocycles. The highest BCUT2D eigenvalue weighted by atomic mass is 28.3. The number of hydrogen-bond donors (Lipinski definition) is 0. The minimum Gasteiger partial charge on any atom is -0.0744 e. The van der Waals surface area contributed by atoms with Crippen molar-refractivity contribution in [3.05, 3.63) is 23.3 Å². The normalized spacial score (nSPS) is 22.3. The van der Waals surface area contributed by atoms with E-state index >= 15 is 0 Å². The number of allylic oxidation sites excluding steroid dienone is 4. The maximum atomic E-state index is 2.58. The maximum Gasteiger partial charge on any atom is 0.0479 e. The van der Waals surface area contributed by atoms with E-state index in [1.165, 1.54) is 37.8 Å². The molecule has 2 aliphatic carbocycles. The predicted molar refractivity (Wildman–Crippen MR) is 70.9 cm³/mol. The second-order valence-electron chi connectivity index (χ2n) is 5.98. The van der Waals surface area contributed by atoms with Gasteiger partial charge in [0, 0.05) is 8.07 Å². The summed E-state index contributed by atoms with van der Waals surface area (Å²) in [5.74, 6) is 0.801. The van der Waals surface area contributed by atoms with Gasteiger partial charge in [-0.2, -0.15) is 0 Å². The van der Waals surface area contributed by atoms with Gasteiger partial charge in [-0.05, 0) is 48.8 Å². The largest absolute Gasteiger partial charge is 0.0744 e. The zero-order chi connectivity index (χ0) is 10.9. The van der Waals surface area contributed by atoms with Gasteiger partial charge in [-0.3, -0.25) is 0 Å². The lowest BCUT2D eigenvalue weighted by Gasteiger charge is -2.22. The summed E-state index contributed by atoms with van der Waals surface area (Å²) in [4.78, 5) is 0. The lowest BCUT2D eigenvalue weighted by molar-refractivity contribution is 0.682. The Morgan fingerprint density at radius 1 is 1.13 bits per heavy atom. The van der Waals surface area contributed by atoms with Crippen LogP contribution in [-0.4, -0.2) is 8.07 Å². The van der Waals surface area contributed by atoms with E-state index in [1.807, 2.05) is 0 Å². The summed E-state index contributed by atoms with van der Waals surface area (Å²) in [5.41, 5.74) is 3.40. The molecule has 0 aromatic rings. The van der Waals surface area contributed by atoms with Gasteiger partial charge in [0.25, 0.3) is 0 Å². The van der Waals surface area contributed by atoms with Crippen molar-refractivity contribution >= 4 is 8.07 Å². The number of hydrogen-bond acceptors (Lipinski definition) is 0. The lowest BCUT2D eigenvalue weighted by atomic mass is 9.92. The van der Waals surface area contributed by atoms with Crippen LogP contribution in [0.2, 0.25) is 25.2 Å². The summed E-state index contributed by atoms with van der Waals surface area (Å²) >= 11 is 0. The summed E-state index contributed by atoms with van der Waals surface area (Å²) in [6.07, 6.45) is 10.7. The van der Waals surface area contributed by atoms with Crippen molar-refractivity contribution in [2.24, 2.45) is 5.92 Å². The molecule has 1 saturated carbocycles. The summed E-state index contributed by atoms with van der Waals surface area (Å²) in [6, 6.07) is 2.90. The summed E-state index contributed by atoms with van der Waals surface area (Å²) < 4.78 is 0. The first kappa shape index (κ1) is 11.2. The highest BCUT2D eigenvalue weighted by Crippen LogP contribution is 2.38. The Morgan fingerprint density at radius 2 is 1.67 bits per heavy atom. The Kier molecular flexibility index (Phi) is 3.20. The molecule has 0 N–H and O–H groups in total. The van der Waals surface area contributed by atoms with Crippen molar-refractivity contribution in [1.29, 1.82) is 0 Å². The molecule has 2 rings (SSSR count). The Labute approximate surface area is 95.5 Å². The number of rotatable bonds is 3. The molecular formula is C14H24Si. The first-order valence-electron chi connectivity index (χ1n) is 6.52. The van der Waals surface area contributed by atoms with Crippen molar-refractivity contribution in [1.82, 2.24) is 0 Å². The van der Waals surface area contributed by atoms with Crippen LogP contribution in [-0.2, 0) is 0 Å². The minimum absolute atomic E-state index is 0.801. The highest BCUT2D eigenvalue weighted by molar-refractivity contribution is 6.77. The molecule has 0 radical (unpaired) electrons. The molecule has 0 aromatic carbocycles. The molecule has 0 aromatic heterocycles. The van der Waals surface area contributed by atoms with E-state index in [-0.39, 0.29) is 0 Å². The Morgan fingerprint density at radius 3 is 2.13 bits per heavy atom. The first-order chi connectivity index (χ1) is 7.11. The Balaban J connectivity index is 2.02. The van der Waals surface area contributed by atoms with Crippen LogP contribution < -0.4 is 0 Å².